The maximum atomic E-state index is 12.7. The summed E-state index contributed by atoms with van der Waals surface area (Å²) < 4.78 is 38.1. The third kappa shape index (κ3) is 3.28. The fraction of sp³-hybridized carbons (Fsp3) is 0.350. The SMILES string of the molecule is FC(F)(F)c1[c]cc([C@@H]2CCC[C@H](c3nc4ccccc4[nH]3)C2)cc1. The van der Waals surface area contributed by atoms with Crippen molar-refractivity contribution < 1.29 is 13.2 Å². The van der Waals surface area contributed by atoms with E-state index in [1.54, 1.807) is 6.07 Å². The molecule has 1 N–H and O–H groups in total. The summed E-state index contributed by atoms with van der Waals surface area (Å²) >= 11 is 0. The average Bonchev–Trinajstić information content (AvgIpc) is 3.05. The maximum Gasteiger partial charge on any atom is 0.417 e. The monoisotopic (exact) mass is 343 g/mol. The summed E-state index contributed by atoms with van der Waals surface area (Å²) in [6.07, 6.45) is -0.328. The van der Waals surface area contributed by atoms with Crippen molar-refractivity contribution in [2.24, 2.45) is 0 Å². The Labute approximate surface area is 144 Å². The van der Waals surface area contributed by atoms with Crippen LogP contribution in [0.25, 0.3) is 11.0 Å². The third-order valence-electron chi connectivity index (χ3n) is 5.08. The number of nitrogens with zero attached hydrogens (tertiary/aromatic N) is 1. The number of halogens is 3. The van der Waals surface area contributed by atoms with Crippen molar-refractivity contribution >= 4 is 11.0 Å². The van der Waals surface area contributed by atoms with Crippen LogP contribution in [0.2, 0.25) is 0 Å². The van der Waals surface area contributed by atoms with Gasteiger partial charge in [0.2, 0.25) is 0 Å². The first-order valence-corrected chi connectivity index (χ1v) is 8.54. The zero-order chi connectivity index (χ0) is 17.4. The van der Waals surface area contributed by atoms with Crippen molar-refractivity contribution in [3.63, 3.8) is 0 Å². The Hall–Kier alpha value is -2.30. The first kappa shape index (κ1) is 16.2. The lowest BCUT2D eigenvalue weighted by molar-refractivity contribution is -0.137. The molecule has 0 amide bonds. The van der Waals surface area contributed by atoms with E-state index in [0.29, 0.717) is 5.92 Å². The summed E-state index contributed by atoms with van der Waals surface area (Å²) in [5.74, 6) is 1.56. The number of rotatable bonds is 2. The van der Waals surface area contributed by atoms with E-state index in [-0.39, 0.29) is 5.92 Å². The van der Waals surface area contributed by atoms with E-state index >= 15 is 0 Å². The predicted octanol–water partition coefficient (Wildman–Crippen LogP) is 5.82. The first-order valence-electron chi connectivity index (χ1n) is 8.54. The number of imidazole rings is 1. The van der Waals surface area contributed by atoms with E-state index in [9.17, 15) is 13.2 Å². The number of nitrogens with one attached hydrogen (secondary N) is 1. The van der Waals surface area contributed by atoms with E-state index in [4.69, 9.17) is 4.98 Å². The molecule has 1 aliphatic rings. The number of benzene rings is 2. The number of fused-ring (bicyclic) bond motifs is 1. The van der Waals surface area contributed by atoms with Gasteiger partial charge in [-0.25, -0.2) is 4.98 Å². The summed E-state index contributed by atoms with van der Waals surface area (Å²) in [6, 6.07) is 14.6. The van der Waals surface area contributed by atoms with Crippen molar-refractivity contribution in [3.05, 3.63) is 65.5 Å². The molecule has 1 fully saturated rings. The highest BCUT2D eigenvalue weighted by atomic mass is 19.4. The van der Waals surface area contributed by atoms with Crippen LogP contribution in [0.5, 0.6) is 0 Å². The molecule has 1 aromatic heterocycles. The molecule has 2 nitrogen and oxygen atoms in total. The molecule has 0 unspecified atom stereocenters. The molecular weight excluding hydrogens is 325 g/mol. The Morgan fingerprint density at radius 2 is 1.84 bits per heavy atom. The van der Waals surface area contributed by atoms with Crippen molar-refractivity contribution in [3.8, 4) is 0 Å². The largest absolute Gasteiger partial charge is 0.417 e. The Morgan fingerprint density at radius 3 is 2.56 bits per heavy atom. The Kier molecular flexibility index (Phi) is 4.02. The lowest BCUT2D eigenvalue weighted by Gasteiger charge is -2.28. The van der Waals surface area contributed by atoms with Crippen LogP contribution in [0.1, 0.15) is 54.5 Å². The smallest absolute Gasteiger partial charge is 0.342 e. The molecule has 0 bridgehead atoms. The molecule has 2 aromatic carbocycles. The molecule has 2 atom stereocenters. The van der Waals surface area contributed by atoms with Gasteiger partial charge in [-0.2, -0.15) is 13.2 Å². The number of H-pyrrole nitrogens is 1. The quantitative estimate of drug-likeness (QED) is 0.624. The van der Waals surface area contributed by atoms with E-state index < -0.39 is 11.7 Å². The topological polar surface area (TPSA) is 28.7 Å². The highest BCUT2D eigenvalue weighted by Crippen LogP contribution is 2.41. The van der Waals surface area contributed by atoms with E-state index in [1.807, 2.05) is 24.3 Å². The Morgan fingerprint density at radius 1 is 1.04 bits per heavy atom. The van der Waals surface area contributed by atoms with E-state index in [1.165, 1.54) is 6.07 Å². The van der Waals surface area contributed by atoms with Crippen molar-refractivity contribution in [2.75, 3.05) is 0 Å². The predicted molar refractivity (Wildman–Crippen MR) is 90.3 cm³/mol. The van der Waals surface area contributed by atoms with Crippen LogP contribution in [-0.2, 0) is 6.18 Å². The second-order valence-electron chi connectivity index (χ2n) is 6.73. The minimum absolute atomic E-state index is 0.255. The minimum atomic E-state index is -4.33. The van der Waals surface area contributed by atoms with Crippen LogP contribution >= 0.6 is 0 Å². The molecule has 0 saturated heterocycles. The van der Waals surface area contributed by atoms with Crippen molar-refractivity contribution in [1.82, 2.24) is 9.97 Å². The number of hydrogen-bond acceptors (Lipinski definition) is 1. The summed E-state index contributed by atoms with van der Waals surface area (Å²) in [6.45, 7) is 0. The van der Waals surface area contributed by atoms with E-state index in [0.717, 1.165) is 54.2 Å². The zero-order valence-electron chi connectivity index (χ0n) is 13.6. The van der Waals surface area contributed by atoms with Gasteiger partial charge < -0.3 is 4.98 Å². The molecule has 0 spiro atoms. The van der Waals surface area contributed by atoms with Gasteiger partial charge in [0.25, 0.3) is 0 Å². The summed E-state index contributed by atoms with van der Waals surface area (Å²) in [5.41, 5.74) is 2.22. The van der Waals surface area contributed by atoms with E-state index in [2.05, 4.69) is 11.1 Å². The first-order chi connectivity index (χ1) is 12.0. The number of aromatic nitrogens is 2. The summed E-state index contributed by atoms with van der Waals surface area (Å²) in [4.78, 5) is 8.10. The minimum Gasteiger partial charge on any atom is -0.342 e. The van der Waals surface area contributed by atoms with Crippen LogP contribution in [0, 0.1) is 6.07 Å². The molecule has 1 radical (unpaired) electrons. The second-order valence-corrected chi connectivity index (χ2v) is 6.73. The number of aromatic amines is 1. The molecule has 3 aromatic rings. The standard InChI is InChI=1S/C20H18F3N2/c21-20(22,23)16-10-8-13(9-11-16)14-4-3-5-15(12-14)19-24-17-6-1-2-7-18(17)25-19/h1-2,6-10,14-15H,3-5,12H2,(H,24,25)/t14-,15+/m1/s1. The van der Waals surface area contributed by atoms with Gasteiger partial charge in [-0.05, 0) is 55.0 Å². The highest BCUT2D eigenvalue weighted by Gasteiger charge is 2.31. The van der Waals surface area contributed by atoms with Crippen LogP contribution < -0.4 is 0 Å². The van der Waals surface area contributed by atoms with Crippen LogP contribution in [0.3, 0.4) is 0 Å². The van der Waals surface area contributed by atoms with Crippen molar-refractivity contribution in [2.45, 2.75) is 43.7 Å². The van der Waals surface area contributed by atoms with Crippen LogP contribution in [0.15, 0.2) is 42.5 Å². The molecular formula is C20H18F3N2. The van der Waals surface area contributed by atoms with Gasteiger partial charge in [-0.15, -0.1) is 0 Å². The van der Waals surface area contributed by atoms with Gasteiger partial charge in [0, 0.05) is 5.92 Å². The molecule has 25 heavy (non-hydrogen) atoms. The van der Waals surface area contributed by atoms with Crippen LogP contribution in [0.4, 0.5) is 13.2 Å². The van der Waals surface area contributed by atoms with Gasteiger partial charge in [0.1, 0.15) is 5.82 Å². The normalized spacial score (nSPS) is 21.6. The molecule has 5 heteroatoms. The number of para-hydroxylation sites is 2. The van der Waals surface area contributed by atoms with Gasteiger partial charge >= 0.3 is 6.18 Å². The van der Waals surface area contributed by atoms with Gasteiger partial charge in [-0.3, -0.25) is 0 Å². The van der Waals surface area contributed by atoms with Gasteiger partial charge in [0.05, 0.1) is 16.6 Å². The zero-order valence-corrected chi connectivity index (χ0v) is 13.6. The average molecular weight is 343 g/mol. The third-order valence-corrected chi connectivity index (χ3v) is 5.08. The molecule has 1 saturated carbocycles. The molecule has 1 heterocycles. The van der Waals surface area contributed by atoms with Gasteiger partial charge in [0.15, 0.2) is 0 Å². The number of alkyl halides is 3. The summed E-state index contributed by atoms with van der Waals surface area (Å²) in [5, 5.41) is 0. The molecule has 129 valence electrons. The van der Waals surface area contributed by atoms with Crippen molar-refractivity contribution in [1.29, 1.82) is 0 Å². The fourth-order valence-electron chi connectivity index (χ4n) is 3.77. The maximum absolute atomic E-state index is 12.7. The Balaban J connectivity index is 1.54. The lowest BCUT2D eigenvalue weighted by atomic mass is 9.77. The highest BCUT2D eigenvalue weighted by molar-refractivity contribution is 5.74. The second kappa shape index (κ2) is 6.21. The fourth-order valence-corrected chi connectivity index (χ4v) is 3.77. The van der Waals surface area contributed by atoms with Crippen LogP contribution in [-0.4, -0.2) is 9.97 Å². The molecule has 4 rings (SSSR count). The molecule has 1 aliphatic carbocycles. The summed E-state index contributed by atoms with van der Waals surface area (Å²) in [7, 11) is 0. The Bertz CT molecular complexity index is 832. The van der Waals surface area contributed by atoms with Gasteiger partial charge in [-0.1, -0.05) is 30.7 Å². The molecule has 0 aliphatic heterocycles. The number of hydrogen-bond donors (Lipinski definition) is 1. The lowest BCUT2D eigenvalue weighted by Crippen LogP contribution is -2.14.